The summed E-state index contributed by atoms with van der Waals surface area (Å²) in [6.07, 6.45) is 4.70. The Morgan fingerprint density at radius 1 is 0.596 bits per heavy atom. The molecule has 8 nitrogen and oxygen atoms in total. The van der Waals surface area contributed by atoms with Gasteiger partial charge in [0.1, 0.15) is 6.61 Å². The van der Waals surface area contributed by atoms with Gasteiger partial charge in [0.05, 0.1) is 16.9 Å². The molecule has 5 aromatic rings. The molecule has 0 bridgehead atoms. The summed E-state index contributed by atoms with van der Waals surface area (Å²) < 4.78 is 5.45. The van der Waals surface area contributed by atoms with Crippen molar-refractivity contribution in [2.75, 3.05) is 9.80 Å². The van der Waals surface area contributed by atoms with Crippen LogP contribution in [0.1, 0.15) is 94.5 Å². The van der Waals surface area contributed by atoms with Crippen LogP contribution in [0.15, 0.2) is 103 Å². The first-order valence-corrected chi connectivity index (χ1v) is 15.7. The monoisotopic (exact) mass is 620 g/mol. The maximum absolute atomic E-state index is 13.9. The molecule has 2 aliphatic heterocycles. The molecule has 5 aromatic carbocycles. The molecule has 4 amide bonds. The quantitative estimate of drug-likeness (QED) is 0.144. The molecule has 47 heavy (non-hydrogen) atoms. The number of esters is 1. The number of carbonyl (C=O) groups is 5. The minimum atomic E-state index is -0.620. The highest BCUT2D eigenvalue weighted by atomic mass is 16.5. The molecule has 1 fully saturated rings. The average Bonchev–Trinajstić information content (AvgIpc) is 3.65. The van der Waals surface area contributed by atoms with Crippen molar-refractivity contribution in [2.45, 2.75) is 38.2 Å². The van der Waals surface area contributed by atoms with Crippen LogP contribution in [0, 0.1) is 0 Å². The van der Waals surface area contributed by atoms with E-state index in [1.165, 1.54) is 41.5 Å². The van der Waals surface area contributed by atoms with Gasteiger partial charge in [-0.2, -0.15) is 0 Å². The van der Waals surface area contributed by atoms with Crippen LogP contribution in [0.25, 0.3) is 10.8 Å². The molecule has 8 heteroatoms. The number of imide groups is 2. The van der Waals surface area contributed by atoms with Gasteiger partial charge in [0.15, 0.2) is 0 Å². The van der Waals surface area contributed by atoms with E-state index in [1.54, 1.807) is 30.3 Å². The lowest BCUT2D eigenvalue weighted by Gasteiger charge is -2.32. The number of amides is 4. The molecule has 0 atom stereocenters. The Hall–Kier alpha value is -5.89. The number of anilines is 2. The molecule has 0 radical (unpaired) electrons. The number of ether oxygens (including phenoxy) is 1. The summed E-state index contributed by atoms with van der Waals surface area (Å²) in [5.41, 5.74) is 3.76. The summed E-state index contributed by atoms with van der Waals surface area (Å²) in [5, 5.41) is 0.580. The Balaban J connectivity index is 1.11. The highest BCUT2D eigenvalue weighted by molar-refractivity contribution is 6.42. The van der Waals surface area contributed by atoms with Gasteiger partial charge in [-0.1, -0.05) is 61.4 Å². The summed E-state index contributed by atoms with van der Waals surface area (Å²) in [6.45, 7) is 0.0756. The van der Waals surface area contributed by atoms with E-state index in [1.807, 2.05) is 54.6 Å². The van der Waals surface area contributed by atoms with Crippen molar-refractivity contribution in [2.24, 2.45) is 0 Å². The Kier molecular flexibility index (Phi) is 6.79. The van der Waals surface area contributed by atoms with Gasteiger partial charge in [-0.15, -0.1) is 0 Å². The fourth-order valence-electron chi connectivity index (χ4n) is 7.08. The topological polar surface area (TPSA) is 101 Å². The molecule has 0 N–H and O–H groups in total. The van der Waals surface area contributed by atoms with E-state index in [4.69, 9.17) is 4.74 Å². The standard InChI is InChI=1S/C39H28N2O6/c42-35-29-17-19-31-34-32(20-18-30(33(29)34)36(43)40(35)27-15-13-25(14-16-27)24-9-4-5-10-24)38(45)41(37(31)44)28-12-6-11-26(21-28)39(46)47-22-23-7-2-1-3-8-23/h1-3,6-8,11-21,24H,4-5,9-10,22H2. The third-order valence-electron chi connectivity index (χ3n) is 9.43. The molecule has 2 heterocycles. The molecule has 0 saturated heterocycles. The zero-order valence-corrected chi connectivity index (χ0v) is 25.3. The molecule has 1 saturated carbocycles. The van der Waals surface area contributed by atoms with Gasteiger partial charge < -0.3 is 4.74 Å². The van der Waals surface area contributed by atoms with Gasteiger partial charge in [0, 0.05) is 33.0 Å². The van der Waals surface area contributed by atoms with Crippen LogP contribution in [0.5, 0.6) is 0 Å². The molecule has 8 rings (SSSR count). The summed E-state index contributed by atoms with van der Waals surface area (Å²) in [4.78, 5) is 70.6. The zero-order chi connectivity index (χ0) is 32.2. The number of nitrogens with zero attached hydrogens (tertiary/aromatic N) is 2. The number of hydrogen-bond donors (Lipinski definition) is 0. The van der Waals surface area contributed by atoms with Crippen LogP contribution >= 0.6 is 0 Å². The zero-order valence-electron chi connectivity index (χ0n) is 25.3. The summed E-state index contributed by atoms with van der Waals surface area (Å²) >= 11 is 0. The lowest BCUT2D eigenvalue weighted by Crippen LogP contribution is -2.43. The van der Waals surface area contributed by atoms with Crippen LogP contribution in [0.3, 0.4) is 0 Å². The summed E-state index contributed by atoms with van der Waals surface area (Å²) in [6, 6.07) is 29.2. The van der Waals surface area contributed by atoms with E-state index in [0.717, 1.165) is 23.3 Å². The largest absolute Gasteiger partial charge is 0.457 e. The van der Waals surface area contributed by atoms with Crippen molar-refractivity contribution in [3.63, 3.8) is 0 Å². The number of hydrogen-bond acceptors (Lipinski definition) is 6. The Morgan fingerprint density at radius 2 is 1.13 bits per heavy atom. The molecule has 3 aliphatic rings. The van der Waals surface area contributed by atoms with Gasteiger partial charge in [-0.3, -0.25) is 19.2 Å². The van der Waals surface area contributed by atoms with Crippen LogP contribution < -0.4 is 9.80 Å². The molecule has 0 unspecified atom stereocenters. The van der Waals surface area contributed by atoms with Gasteiger partial charge in [-0.05, 0) is 84.5 Å². The van der Waals surface area contributed by atoms with Crippen LogP contribution in [0.4, 0.5) is 11.4 Å². The smallest absolute Gasteiger partial charge is 0.338 e. The predicted molar refractivity (Wildman–Crippen MR) is 176 cm³/mol. The van der Waals surface area contributed by atoms with Crippen molar-refractivity contribution in [1.29, 1.82) is 0 Å². The third-order valence-corrected chi connectivity index (χ3v) is 9.43. The van der Waals surface area contributed by atoms with Gasteiger partial charge in [-0.25, -0.2) is 14.6 Å². The molecule has 230 valence electrons. The number of carbonyl (C=O) groups excluding carboxylic acids is 5. The summed E-state index contributed by atoms with van der Waals surface area (Å²) in [5.74, 6) is -2.36. The fourth-order valence-corrected chi connectivity index (χ4v) is 7.08. The fraction of sp³-hybridized carbons (Fsp3) is 0.154. The van der Waals surface area contributed by atoms with Crippen molar-refractivity contribution in [3.8, 4) is 0 Å². The van der Waals surface area contributed by atoms with Gasteiger partial charge >= 0.3 is 5.97 Å². The second-order valence-corrected chi connectivity index (χ2v) is 12.1. The Labute approximate surface area is 270 Å². The SMILES string of the molecule is O=C(OCc1ccccc1)c1cccc(N2C(=O)c3ccc4c5c(ccc(c35)C2=O)C(=O)N(c2ccc(C3CCCC3)cc2)C4=O)c1. The maximum atomic E-state index is 13.9. The molecule has 1 aliphatic carbocycles. The Morgan fingerprint density at radius 3 is 1.68 bits per heavy atom. The molecule has 0 aromatic heterocycles. The molecular weight excluding hydrogens is 592 g/mol. The van der Waals surface area contributed by atoms with E-state index < -0.39 is 29.6 Å². The van der Waals surface area contributed by atoms with Crippen molar-refractivity contribution in [3.05, 3.63) is 142 Å². The van der Waals surface area contributed by atoms with Crippen molar-refractivity contribution in [1.82, 2.24) is 0 Å². The van der Waals surface area contributed by atoms with Crippen LogP contribution in [-0.4, -0.2) is 29.6 Å². The molecular formula is C39H28N2O6. The lowest BCUT2D eigenvalue weighted by molar-refractivity contribution is 0.0472. The summed E-state index contributed by atoms with van der Waals surface area (Å²) in [7, 11) is 0. The van der Waals surface area contributed by atoms with E-state index in [-0.39, 0.29) is 45.5 Å². The first-order chi connectivity index (χ1) is 22.9. The van der Waals surface area contributed by atoms with E-state index in [2.05, 4.69) is 0 Å². The van der Waals surface area contributed by atoms with Crippen molar-refractivity contribution < 1.29 is 28.7 Å². The second kappa shape index (κ2) is 11.2. The predicted octanol–water partition coefficient (Wildman–Crippen LogP) is 7.46. The lowest BCUT2D eigenvalue weighted by atomic mass is 9.85. The number of rotatable bonds is 6. The average molecular weight is 621 g/mol. The van der Waals surface area contributed by atoms with Crippen LogP contribution in [-0.2, 0) is 11.3 Å². The van der Waals surface area contributed by atoms with E-state index >= 15 is 0 Å². The first kappa shape index (κ1) is 28.6. The minimum Gasteiger partial charge on any atom is -0.457 e. The second-order valence-electron chi connectivity index (χ2n) is 12.1. The first-order valence-electron chi connectivity index (χ1n) is 15.7. The van der Waals surface area contributed by atoms with Gasteiger partial charge in [0.2, 0.25) is 0 Å². The van der Waals surface area contributed by atoms with Crippen LogP contribution in [0.2, 0.25) is 0 Å². The Bertz CT molecular complexity index is 2080. The normalized spacial score (nSPS) is 15.9. The number of benzene rings is 5. The third kappa shape index (κ3) is 4.63. The highest BCUT2D eigenvalue weighted by Gasteiger charge is 2.40. The van der Waals surface area contributed by atoms with E-state index in [0.29, 0.717) is 17.0 Å². The van der Waals surface area contributed by atoms with Gasteiger partial charge in [0.25, 0.3) is 23.6 Å². The highest BCUT2D eigenvalue weighted by Crippen LogP contribution is 2.41. The van der Waals surface area contributed by atoms with E-state index in [9.17, 15) is 24.0 Å². The van der Waals surface area contributed by atoms with Crippen molar-refractivity contribution >= 4 is 51.7 Å². The maximum Gasteiger partial charge on any atom is 0.338 e. The molecule has 0 spiro atoms. The minimum absolute atomic E-state index is 0.0756.